The summed E-state index contributed by atoms with van der Waals surface area (Å²) in [6, 6.07) is 15.8. The van der Waals surface area contributed by atoms with Crippen molar-refractivity contribution in [1.82, 2.24) is 10.2 Å². The van der Waals surface area contributed by atoms with E-state index in [0.29, 0.717) is 6.54 Å². The number of non-ortho nitro benzene ring substituents is 1. The molecule has 1 aromatic heterocycles. The van der Waals surface area contributed by atoms with Crippen molar-refractivity contribution in [3.8, 4) is 0 Å². The number of carbonyl (C=O) groups excluding carboxylic acids is 1. The molecule has 0 unspecified atom stereocenters. The van der Waals surface area contributed by atoms with Crippen LogP contribution in [-0.2, 0) is 13.0 Å². The second kappa shape index (κ2) is 8.69. The fraction of sp³-hybridized carbons (Fsp3) is 0.227. The van der Waals surface area contributed by atoms with Crippen molar-refractivity contribution >= 4 is 23.2 Å². The predicted molar refractivity (Wildman–Crippen MR) is 112 cm³/mol. The van der Waals surface area contributed by atoms with Gasteiger partial charge in [-0.25, -0.2) is 0 Å². The predicted octanol–water partition coefficient (Wildman–Crippen LogP) is 4.37. The first kappa shape index (κ1) is 20.1. The van der Waals surface area contributed by atoms with Gasteiger partial charge in [0.1, 0.15) is 5.76 Å². The molecule has 0 fully saturated rings. The average Bonchev–Trinajstić information content (AvgIpc) is 3.28. The van der Waals surface area contributed by atoms with Gasteiger partial charge in [-0.3, -0.25) is 19.8 Å². The monoisotopic (exact) mass is 425 g/mol. The van der Waals surface area contributed by atoms with E-state index in [4.69, 9.17) is 16.0 Å². The van der Waals surface area contributed by atoms with E-state index < -0.39 is 4.92 Å². The molecule has 3 aromatic rings. The third kappa shape index (κ3) is 4.22. The summed E-state index contributed by atoms with van der Waals surface area (Å²) in [7, 11) is 0. The van der Waals surface area contributed by atoms with Gasteiger partial charge in [-0.15, -0.1) is 0 Å². The second-order valence-electron chi connectivity index (χ2n) is 7.15. The Balaban J connectivity index is 1.50. The zero-order valence-electron chi connectivity index (χ0n) is 16.1. The number of furan rings is 1. The molecule has 0 saturated carbocycles. The Labute approximate surface area is 178 Å². The van der Waals surface area contributed by atoms with Crippen LogP contribution in [0.15, 0.2) is 65.3 Å². The zero-order chi connectivity index (χ0) is 21.1. The van der Waals surface area contributed by atoms with Gasteiger partial charge in [-0.1, -0.05) is 35.9 Å². The summed E-state index contributed by atoms with van der Waals surface area (Å²) in [4.78, 5) is 25.3. The van der Waals surface area contributed by atoms with Gasteiger partial charge in [0.15, 0.2) is 0 Å². The quantitative estimate of drug-likeness (QED) is 0.468. The Morgan fingerprint density at radius 3 is 2.70 bits per heavy atom. The fourth-order valence-electron chi connectivity index (χ4n) is 3.76. The minimum Gasteiger partial charge on any atom is -0.468 e. The highest BCUT2D eigenvalue weighted by atomic mass is 35.5. The number of rotatable bonds is 6. The molecule has 2 heterocycles. The van der Waals surface area contributed by atoms with Crippen molar-refractivity contribution in [2.45, 2.75) is 19.0 Å². The number of nitro benzene ring substituents is 1. The number of benzene rings is 2. The summed E-state index contributed by atoms with van der Waals surface area (Å²) < 4.78 is 5.65. The highest BCUT2D eigenvalue weighted by molar-refractivity contribution is 6.34. The molecule has 154 valence electrons. The molecule has 30 heavy (non-hydrogen) atoms. The lowest BCUT2D eigenvalue weighted by Crippen LogP contribution is -2.40. The molecule has 1 aliphatic rings. The standard InChI is InChI=1S/C22H20ClN3O4/c23-19-12-17(26(28)29)7-8-18(19)22(27)24-13-20(21-6-3-11-30-21)25-10-9-15-4-1-2-5-16(15)14-25/h1-8,11-12,20H,9-10,13-14H2,(H,24,27)/t20-/m1/s1. The summed E-state index contributed by atoms with van der Waals surface area (Å²) in [5.41, 5.74) is 2.65. The maximum atomic E-state index is 12.7. The molecule has 0 radical (unpaired) electrons. The zero-order valence-corrected chi connectivity index (χ0v) is 16.8. The van der Waals surface area contributed by atoms with Crippen molar-refractivity contribution in [3.05, 3.63) is 98.4 Å². The Morgan fingerprint density at radius 1 is 1.20 bits per heavy atom. The summed E-state index contributed by atoms with van der Waals surface area (Å²) in [5, 5.41) is 13.8. The Bertz CT molecular complexity index is 1070. The van der Waals surface area contributed by atoms with Crippen molar-refractivity contribution in [2.75, 3.05) is 13.1 Å². The van der Waals surface area contributed by atoms with Crippen LogP contribution < -0.4 is 5.32 Å². The number of hydrogen-bond donors (Lipinski definition) is 1. The molecule has 1 amide bonds. The fourth-order valence-corrected chi connectivity index (χ4v) is 4.02. The normalized spacial score (nSPS) is 14.7. The van der Waals surface area contributed by atoms with Crippen LogP contribution in [-0.4, -0.2) is 28.8 Å². The van der Waals surface area contributed by atoms with E-state index in [1.54, 1.807) is 6.26 Å². The van der Waals surface area contributed by atoms with Crippen molar-refractivity contribution < 1.29 is 14.1 Å². The topological polar surface area (TPSA) is 88.6 Å². The highest BCUT2D eigenvalue weighted by Crippen LogP contribution is 2.28. The molecular formula is C22H20ClN3O4. The number of nitro groups is 1. The molecule has 0 bridgehead atoms. The van der Waals surface area contributed by atoms with Gasteiger partial charge in [0.2, 0.25) is 0 Å². The third-order valence-corrected chi connectivity index (χ3v) is 5.65. The van der Waals surface area contributed by atoms with Crippen LogP contribution in [0.1, 0.15) is 33.3 Å². The van der Waals surface area contributed by atoms with Crippen LogP contribution in [0.2, 0.25) is 5.02 Å². The van der Waals surface area contributed by atoms with E-state index >= 15 is 0 Å². The smallest absolute Gasteiger partial charge is 0.270 e. The van der Waals surface area contributed by atoms with Gasteiger partial charge in [0.05, 0.1) is 27.8 Å². The first-order valence-electron chi connectivity index (χ1n) is 9.59. The molecule has 2 aromatic carbocycles. The summed E-state index contributed by atoms with van der Waals surface area (Å²) in [6.45, 7) is 1.92. The number of halogens is 1. The second-order valence-corrected chi connectivity index (χ2v) is 7.56. The lowest BCUT2D eigenvalue weighted by Gasteiger charge is -2.34. The van der Waals surface area contributed by atoms with Crippen LogP contribution in [0.25, 0.3) is 0 Å². The van der Waals surface area contributed by atoms with Crippen LogP contribution in [0.3, 0.4) is 0 Å². The highest BCUT2D eigenvalue weighted by Gasteiger charge is 2.27. The molecular weight excluding hydrogens is 406 g/mol. The van der Waals surface area contributed by atoms with Crippen molar-refractivity contribution in [3.63, 3.8) is 0 Å². The van der Waals surface area contributed by atoms with Crippen molar-refractivity contribution in [1.29, 1.82) is 0 Å². The first-order valence-corrected chi connectivity index (χ1v) is 9.97. The summed E-state index contributed by atoms with van der Waals surface area (Å²) in [5.74, 6) is 0.383. The lowest BCUT2D eigenvalue weighted by molar-refractivity contribution is -0.384. The molecule has 0 saturated heterocycles. The summed E-state index contributed by atoms with van der Waals surface area (Å²) >= 11 is 6.09. The number of nitrogens with zero attached hydrogens (tertiary/aromatic N) is 2. The number of fused-ring (bicyclic) bond motifs is 1. The number of nitrogens with one attached hydrogen (secondary N) is 1. The lowest BCUT2D eigenvalue weighted by atomic mass is 9.98. The number of hydrogen-bond acceptors (Lipinski definition) is 5. The Kier molecular flexibility index (Phi) is 5.83. The minimum atomic E-state index is -0.547. The van der Waals surface area contributed by atoms with Gasteiger partial charge in [-0.05, 0) is 35.7 Å². The minimum absolute atomic E-state index is 0.0446. The molecule has 4 rings (SSSR count). The van der Waals surface area contributed by atoms with Gasteiger partial charge in [-0.2, -0.15) is 0 Å². The van der Waals surface area contributed by atoms with E-state index in [0.717, 1.165) is 25.3 Å². The van der Waals surface area contributed by atoms with Crippen molar-refractivity contribution in [2.24, 2.45) is 0 Å². The SMILES string of the molecule is O=C(NC[C@H](c1ccco1)N1CCc2ccccc2C1)c1ccc([N+](=O)[O-])cc1Cl. The van der Waals surface area contributed by atoms with E-state index in [-0.39, 0.29) is 28.2 Å². The van der Waals surface area contributed by atoms with Crippen LogP contribution >= 0.6 is 11.6 Å². The molecule has 1 N–H and O–H groups in total. The molecule has 1 atom stereocenters. The molecule has 1 aliphatic heterocycles. The molecule has 0 aliphatic carbocycles. The molecule has 8 heteroatoms. The van der Waals surface area contributed by atoms with Crippen LogP contribution in [0.4, 0.5) is 5.69 Å². The Hall–Kier alpha value is -3.16. The largest absolute Gasteiger partial charge is 0.468 e. The van der Waals surface area contributed by atoms with Gasteiger partial charge in [0, 0.05) is 31.8 Å². The average molecular weight is 426 g/mol. The number of carbonyl (C=O) groups is 1. The van der Waals surface area contributed by atoms with Gasteiger partial charge < -0.3 is 9.73 Å². The van der Waals surface area contributed by atoms with E-state index in [9.17, 15) is 14.9 Å². The Morgan fingerprint density at radius 2 is 2.00 bits per heavy atom. The molecule has 7 nitrogen and oxygen atoms in total. The van der Waals surface area contributed by atoms with E-state index in [2.05, 4.69) is 22.3 Å². The number of amides is 1. The van der Waals surface area contributed by atoms with Crippen LogP contribution in [0.5, 0.6) is 0 Å². The third-order valence-electron chi connectivity index (χ3n) is 5.34. The van der Waals surface area contributed by atoms with Gasteiger partial charge >= 0.3 is 0 Å². The van der Waals surface area contributed by atoms with Gasteiger partial charge in [0.25, 0.3) is 11.6 Å². The summed E-state index contributed by atoms with van der Waals surface area (Å²) in [6.07, 6.45) is 2.55. The maximum absolute atomic E-state index is 12.7. The van der Waals surface area contributed by atoms with E-state index in [1.165, 1.54) is 29.3 Å². The van der Waals surface area contributed by atoms with E-state index in [1.807, 2.05) is 24.3 Å². The van der Waals surface area contributed by atoms with Crippen LogP contribution in [0, 0.1) is 10.1 Å². The molecule has 0 spiro atoms. The first-order chi connectivity index (χ1) is 14.5. The maximum Gasteiger partial charge on any atom is 0.270 e.